The topological polar surface area (TPSA) is 0 Å². The first-order valence-electron chi connectivity index (χ1n) is 4.37. The second-order valence-corrected chi connectivity index (χ2v) is 5.95. The van der Waals surface area contributed by atoms with Crippen LogP contribution in [0.5, 0.6) is 0 Å². The summed E-state index contributed by atoms with van der Waals surface area (Å²) in [5.74, 6) is 0. The summed E-state index contributed by atoms with van der Waals surface area (Å²) in [5.41, 5.74) is 2.75. The van der Waals surface area contributed by atoms with Crippen LogP contribution in [0.4, 0.5) is 0 Å². The smallest absolute Gasteiger partial charge is 0.0608 e. The van der Waals surface area contributed by atoms with E-state index in [-0.39, 0.29) is 0 Å². The van der Waals surface area contributed by atoms with E-state index in [1.807, 2.05) is 23.1 Å². The third-order valence-corrected chi connectivity index (χ3v) is 5.19. The molecule has 74 valence electrons. The standard InChI is InChI=1S/C11H11BrS2/c1-7-3-8(6-12)4-9-5-10(13-2)14-11(7)9/h3-5H,6H2,1-2H3. The molecular formula is C11H11BrS2. The molecule has 0 fully saturated rings. The van der Waals surface area contributed by atoms with Gasteiger partial charge in [-0.15, -0.1) is 23.1 Å². The van der Waals surface area contributed by atoms with Gasteiger partial charge < -0.3 is 0 Å². The van der Waals surface area contributed by atoms with Gasteiger partial charge in [0.2, 0.25) is 0 Å². The molecule has 14 heavy (non-hydrogen) atoms. The number of thiophene rings is 1. The zero-order chi connectivity index (χ0) is 10.1. The Morgan fingerprint density at radius 3 is 2.79 bits per heavy atom. The third kappa shape index (κ3) is 1.86. The average Bonchev–Trinajstić information content (AvgIpc) is 2.61. The molecule has 0 bridgehead atoms. The van der Waals surface area contributed by atoms with Crippen molar-refractivity contribution in [2.75, 3.05) is 6.26 Å². The molecule has 0 radical (unpaired) electrons. The fourth-order valence-corrected chi connectivity index (χ4v) is 3.55. The van der Waals surface area contributed by atoms with Crippen LogP contribution in [0, 0.1) is 6.92 Å². The summed E-state index contributed by atoms with van der Waals surface area (Å²) in [6.45, 7) is 2.19. The number of alkyl halides is 1. The summed E-state index contributed by atoms with van der Waals surface area (Å²) < 4.78 is 2.83. The van der Waals surface area contributed by atoms with Gasteiger partial charge in [0.25, 0.3) is 0 Å². The average molecular weight is 287 g/mol. The van der Waals surface area contributed by atoms with E-state index < -0.39 is 0 Å². The van der Waals surface area contributed by atoms with Crippen molar-refractivity contribution in [3.05, 3.63) is 29.3 Å². The highest BCUT2D eigenvalue weighted by Crippen LogP contribution is 2.34. The normalized spacial score (nSPS) is 11.1. The monoisotopic (exact) mass is 286 g/mol. The molecule has 0 atom stereocenters. The molecule has 0 nitrogen and oxygen atoms in total. The molecule has 0 N–H and O–H groups in total. The van der Waals surface area contributed by atoms with Gasteiger partial charge in [0.1, 0.15) is 0 Å². The van der Waals surface area contributed by atoms with Crippen LogP contribution in [-0.2, 0) is 5.33 Å². The molecule has 0 unspecified atom stereocenters. The van der Waals surface area contributed by atoms with Crippen molar-refractivity contribution in [3.8, 4) is 0 Å². The van der Waals surface area contributed by atoms with E-state index in [2.05, 4.69) is 47.3 Å². The first-order chi connectivity index (χ1) is 6.74. The molecule has 2 rings (SSSR count). The molecule has 0 saturated carbocycles. The van der Waals surface area contributed by atoms with Gasteiger partial charge in [-0.1, -0.05) is 22.0 Å². The first-order valence-corrected chi connectivity index (χ1v) is 7.54. The van der Waals surface area contributed by atoms with Crippen LogP contribution in [0.25, 0.3) is 10.1 Å². The number of thioether (sulfide) groups is 1. The molecule has 0 amide bonds. The van der Waals surface area contributed by atoms with Crippen molar-refractivity contribution >= 4 is 49.1 Å². The highest BCUT2D eigenvalue weighted by molar-refractivity contribution is 9.08. The Morgan fingerprint density at radius 2 is 2.14 bits per heavy atom. The summed E-state index contributed by atoms with van der Waals surface area (Å²) in [7, 11) is 0. The lowest BCUT2D eigenvalue weighted by Gasteiger charge is -1.99. The fraction of sp³-hybridized carbons (Fsp3) is 0.273. The van der Waals surface area contributed by atoms with E-state index in [1.54, 1.807) is 0 Å². The maximum atomic E-state index is 3.50. The van der Waals surface area contributed by atoms with E-state index in [9.17, 15) is 0 Å². The Morgan fingerprint density at radius 1 is 1.36 bits per heavy atom. The Bertz CT molecular complexity index is 460. The van der Waals surface area contributed by atoms with Crippen molar-refractivity contribution in [2.24, 2.45) is 0 Å². The predicted octanol–water partition coefficient (Wildman–Crippen LogP) is 4.83. The first kappa shape index (κ1) is 10.5. The van der Waals surface area contributed by atoms with Crippen molar-refractivity contribution in [2.45, 2.75) is 16.5 Å². The summed E-state index contributed by atoms with van der Waals surface area (Å²) in [6, 6.07) is 6.81. The molecule has 1 heterocycles. The number of hydrogen-bond donors (Lipinski definition) is 0. The molecule has 0 aliphatic heterocycles. The Kier molecular flexibility index (Phi) is 3.20. The van der Waals surface area contributed by atoms with E-state index in [1.165, 1.54) is 25.4 Å². The van der Waals surface area contributed by atoms with Crippen LogP contribution < -0.4 is 0 Å². The number of aryl methyl sites for hydroxylation is 1. The lowest BCUT2D eigenvalue weighted by Crippen LogP contribution is -1.79. The predicted molar refractivity (Wildman–Crippen MR) is 71.0 cm³/mol. The molecule has 0 saturated heterocycles. The maximum Gasteiger partial charge on any atom is 0.0608 e. The summed E-state index contributed by atoms with van der Waals surface area (Å²) >= 11 is 7.21. The van der Waals surface area contributed by atoms with Gasteiger partial charge in [0.15, 0.2) is 0 Å². The number of fused-ring (bicyclic) bond motifs is 1. The molecule has 0 spiro atoms. The Labute approximate surface area is 101 Å². The molecule has 0 aliphatic carbocycles. The largest absolute Gasteiger partial charge is 0.129 e. The molecule has 0 aliphatic rings. The minimum Gasteiger partial charge on any atom is -0.129 e. The Balaban J connectivity index is 2.67. The van der Waals surface area contributed by atoms with Crippen molar-refractivity contribution in [3.63, 3.8) is 0 Å². The van der Waals surface area contributed by atoms with Gasteiger partial charge >= 0.3 is 0 Å². The number of hydrogen-bond acceptors (Lipinski definition) is 2. The van der Waals surface area contributed by atoms with Crippen LogP contribution in [0.3, 0.4) is 0 Å². The van der Waals surface area contributed by atoms with Crippen molar-refractivity contribution < 1.29 is 0 Å². The van der Waals surface area contributed by atoms with Crippen LogP contribution in [0.2, 0.25) is 0 Å². The van der Waals surface area contributed by atoms with Crippen LogP contribution in [0.1, 0.15) is 11.1 Å². The lowest BCUT2D eigenvalue weighted by molar-refractivity contribution is 1.42. The summed E-state index contributed by atoms with van der Waals surface area (Å²) in [4.78, 5) is 0. The quantitative estimate of drug-likeness (QED) is 0.563. The van der Waals surface area contributed by atoms with Crippen molar-refractivity contribution in [1.82, 2.24) is 0 Å². The number of halogens is 1. The van der Waals surface area contributed by atoms with Crippen LogP contribution in [0.15, 0.2) is 22.4 Å². The van der Waals surface area contributed by atoms with Gasteiger partial charge in [-0.2, -0.15) is 0 Å². The number of benzene rings is 1. The van der Waals surface area contributed by atoms with Gasteiger partial charge in [-0.25, -0.2) is 0 Å². The van der Waals surface area contributed by atoms with Crippen molar-refractivity contribution in [1.29, 1.82) is 0 Å². The summed E-state index contributed by atoms with van der Waals surface area (Å²) in [6.07, 6.45) is 2.13. The molecule has 1 aromatic heterocycles. The third-order valence-electron chi connectivity index (χ3n) is 2.19. The van der Waals surface area contributed by atoms with E-state index in [0.29, 0.717) is 0 Å². The van der Waals surface area contributed by atoms with E-state index in [0.717, 1.165) is 5.33 Å². The number of rotatable bonds is 2. The van der Waals surface area contributed by atoms with Crippen LogP contribution in [-0.4, -0.2) is 6.26 Å². The van der Waals surface area contributed by atoms with Gasteiger partial charge in [-0.3, -0.25) is 0 Å². The van der Waals surface area contributed by atoms with E-state index in [4.69, 9.17) is 0 Å². The second kappa shape index (κ2) is 4.25. The molecule has 1 aromatic carbocycles. The summed E-state index contributed by atoms with van der Waals surface area (Å²) in [5, 5.41) is 2.32. The molecular weight excluding hydrogens is 276 g/mol. The highest BCUT2D eigenvalue weighted by atomic mass is 79.9. The van der Waals surface area contributed by atoms with Gasteiger partial charge in [0, 0.05) is 10.0 Å². The lowest BCUT2D eigenvalue weighted by atomic mass is 10.1. The van der Waals surface area contributed by atoms with Gasteiger partial charge in [-0.05, 0) is 41.8 Å². The molecule has 2 aromatic rings. The van der Waals surface area contributed by atoms with Crippen LogP contribution >= 0.6 is 39.0 Å². The highest BCUT2D eigenvalue weighted by Gasteiger charge is 2.05. The van der Waals surface area contributed by atoms with E-state index >= 15 is 0 Å². The minimum atomic E-state index is 0.939. The Hall–Kier alpha value is 0.01000. The molecule has 3 heteroatoms. The zero-order valence-corrected chi connectivity index (χ0v) is 11.4. The minimum absolute atomic E-state index is 0.939. The second-order valence-electron chi connectivity index (χ2n) is 3.23. The SMILES string of the molecule is CSc1cc2cc(CBr)cc(C)c2s1. The fourth-order valence-electron chi connectivity index (χ4n) is 1.56. The zero-order valence-electron chi connectivity index (χ0n) is 8.13. The maximum absolute atomic E-state index is 3.50. The van der Waals surface area contributed by atoms with Gasteiger partial charge in [0.05, 0.1) is 4.21 Å².